The first-order valence-corrected chi connectivity index (χ1v) is 4.54. The van der Waals surface area contributed by atoms with Gasteiger partial charge in [-0.05, 0) is 13.0 Å². The fourth-order valence-electron chi connectivity index (χ4n) is 1.38. The van der Waals surface area contributed by atoms with Gasteiger partial charge in [0.1, 0.15) is 6.42 Å². The topological polar surface area (TPSA) is 32.3 Å². The van der Waals surface area contributed by atoms with Gasteiger partial charge in [-0.1, -0.05) is 0 Å². The van der Waals surface area contributed by atoms with Gasteiger partial charge in [-0.15, -0.1) is 12.4 Å². The number of carbonyl (C=O) groups is 1. The molecule has 0 aliphatic carbocycles. The van der Waals surface area contributed by atoms with Crippen LogP contribution in [0.2, 0.25) is 0 Å². The lowest BCUT2D eigenvalue weighted by Gasteiger charge is -2.20. The standard InChI is InChI=1S/C8H13F3N2O.ClH/c9-8(10,11)6-7(14)13-4-1-2-12-3-5-13;/h12H,1-6H2;1H. The molecule has 7 heteroatoms. The second-order valence-electron chi connectivity index (χ2n) is 3.28. The maximum absolute atomic E-state index is 11.9. The first-order chi connectivity index (χ1) is 6.49. The number of carbonyl (C=O) groups excluding carboxylic acids is 1. The molecule has 0 aromatic rings. The molecule has 0 bridgehead atoms. The van der Waals surface area contributed by atoms with Gasteiger partial charge in [0.2, 0.25) is 5.91 Å². The second-order valence-corrected chi connectivity index (χ2v) is 3.28. The van der Waals surface area contributed by atoms with Gasteiger partial charge in [-0.2, -0.15) is 13.2 Å². The predicted octanol–water partition coefficient (Wildman–Crippen LogP) is 1.18. The lowest BCUT2D eigenvalue weighted by molar-refractivity contribution is -0.161. The van der Waals surface area contributed by atoms with Gasteiger partial charge in [-0.25, -0.2) is 0 Å². The smallest absolute Gasteiger partial charge is 0.341 e. The molecule has 15 heavy (non-hydrogen) atoms. The van der Waals surface area contributed by atoms with Crippen molar-refractivity contribution in [2.75, 3.05) is 26.2 Å². The number of nitrogens with one attached hydrogen (secondary N) is 1. The Morgan fingerprint density at radius 1 is 1.27 bits per heavy atom. The van der Waals surface area contributed by atoms with Crippen molar-refractivity contribution in [1.29, 1.82) is 0 Å². The summed E-state index contributed by atoms with van der Waals surface area (Å²) in [6.45, 7) is 2.12. The predicted molar refractivity (Wildman–Crippen MR) is 52.0 cm³/mol. The van der Waals surface area contributed by atoms with Gasteiger partial charge in [-0.3, -0.25) is 4.79 Å². The van der Waals surface area contributed by atoms with Crippen molar-refractivity contribution in [1.82, 2.24) is 10.2 Å². The fraction of sp³-hybridized carbons (Fsp3) is 0.875. The SMILES string of the molecule is Cl.O=C(CC(F)(F)F)N1CCCNCC1. The quantitative estimate of drug-likeness (QED) is 0.754. The van der Waals surface area contributed by atoms with E-state index < -0.39 is 18.5 Å². The van der Waals surface area contributed by atoms with E-state index in [-0.39, 0.29) is 12.4 Å². The number of hydrogen-bond donors (Lipinski definition) is 1. The van der Waals surface area contributed by atoms with Crippen LogP contribution in [0.25, 0.3) is 0 Å². The van der Waals surface area contributed by atoms with Gasteiger partial charge in [0, 0.05) is 19.6 Å². The molecule has 1 aliphatic heterocycles. The number of halogens is 4. The fourth-order valence-corrected chi connectivity index (χ4v) is 1.38. The summed E-state index contributed by atoms with van der Waals surface area (Å²) >= 11 is 0. The molecule has 0 unspecified atom stereocenters. The molecule has 1 rings (SSSR count). The van der Waals surface area contributed by atoms with Crippen LogP contribution in [0.3, 0.4) is 0 Å². The summed E-state index contributed by atoms with van der Waals surface area (Å²) in [5.41, 5.74) is 0. The highest BCUT2D eigenvalue weighted by atomic mass is 35.5. The molecular formula is C8H14ClF3N2O. The highest BCUT2D eigenvalue weighted by molar-refractivity contribution is 5.85. The van der Waals surface area contributed by atoms with Crippen molar-refractivity contribution in [3.63, 3.8) is 0 Å². The summed E-state index contributed by atoms with van der Waals surface area (Å²) < 4.78 is 35.7. The number of alkyl halides is 3. The van der Waals surface area contributed by atoms with E-state index in [4.69, 9.17) is 0 Å². The third kappa shape index (κ3) is 5.84. The Hall–Kier alpha value is -0.490. The molecule has 1 saturated heterocycles. The average molecular weight is 247 g/mol. The molecule has 0 aromatic heterocycles. The molecule has 1 heterocycles. The number of hydrogen-bond acceptors (Lipinski definition) is 2. The first kappa shape index (κ1) is 14.5. The molecule has 0 aromatic carbocycles. The van der Waals surface area contributed by atoms with Crippen molar-refractivity contribution in [2.45, 2.75) is 19.0 Å². The monoisotopic (exact) mass is 246 g/mol. The van der Waals surface area contributed by atoms with Gasteiger partial charge >= 0.3 is 6.18 Å². The Balaban J connectivity index is 0.00000196. The molecule has 1 N–H and O–H groups in total. The molecule has 0 saturated carbocycles. The summed E-state index contributed by atoms with van der Waals surface area (Å²) in [7, 11) is 0. The summed E-state index contributed by atoms with van der Waals surface area (Å²) in [4.78, 5) is 12.4. The summed E-state index contributed by atoms with van der Waals surface area (Å²) in [6, 6.07) is 0. The van der Waals surface area contributed by atoms with E-state index in [0.29, 0.717) is 26.1 Å². The first-order valence-electron chi connectivity index (χ1n) is 4.54. The molecule has 0 radical (unpaired) electrons. The molecule has 3 nitrogen and oxygen atoms in total. The highest BCUT2D eigenvalue weighted by Gasteiger charge is 2.33. The Kier molecular flexibility index (Phi) is 5.97. The van der Waals surface area contributed by atoms with E-state index in [2.05, 4.69) is 5.32 Å². The van der Waals surface area contributed by atoms with Gasteiger partial charge in [0.05, 0.1) is 0 Å². The Bertz CT molecular complexity index is 203. The van der Waals surface area contributed by atoms with Crippen LogP contribution in [0.1, 0.15) is 12.8 Å². The van der Waals surface area contributed by atoms with Crippen LogP contribution in [0.15, 0.2) is 0 Å². The summed E-state index contributed by atoms with van der Waals surface area (Å²) in [5, 5.41) is 3.02. The van der Waals surface area contributed by atoms with Crippen LogP contribution in [-0.2, 0) is 4.79 Å². The summed E-state index contributed by atoms with van der Waals surface area (Å²) in [6.07, 6.45) is -5.02. The molecule has 1 aliphatic rings. The molecule has 90 valence electrons. The minimum atomic E-state index is -4.39. The number of amides is 1. The van der Waals surface area contributed by atoms with Crippen molar-refractivity contribution >= 4 is 18.3 Å². The number of nitrogens with zero attached hydrogens (tertiary/aromatic N) is 1. The lowest BCUT2D eigenvalue weighted by atomic mass is 10.3. The van der Waals surface area contributed by atoms with Crippen molar-refractivity contribution in [3.8, 4) is 0 Å². The van der Waals surface area contributed by atoms with Crippen LogP contribution in [-0.4, -0.2) is 43.2 Å². The Labute approximate surface area is 92.4 Å². The van der Waals surface area contributed by atoms with Gasteiger partial charge < -0.3 is 10.2 Å². The van der Waals surface area contributed by atoms with Crippen LogP contribution in [0.4, 0.5) is 13.2 Å². The maximum atomic E-state index is 11.9. The van der Waals surface area contributed by atoms with Crippen molar-refractivity contribution in [3.05, 3.63) is 0 Å². The molecule has 0 atom stereocenters. The second kappa shape index (κ2) is 6.17. The van der Waals surface area contributed by atoms with E-state index >= 15 is 0 Å². The Morgan fingerprint density at radius 2 is 1.93 bits per heavy atom. The van der Waals surface area contributed by atoms with Gasteiger partial charge in [0.25, 0.3) is 0 Å². The van der Waals surface area contributed by atoms with Gasteiger partial charge in [0.15, 0.2) is 0 Å². The molecule has 1 amide bonds. The number of rotatable bonds is 1. The minimum absolute atomic E-state index is 0. The van der Waals surface area contributed by atoms with E-state index in [1.54, 1.807) is 0 Å². The van der Waals surface area contributed by atoms with E-state index in [9.17, 15) is 18.0 Å². The van der Waals surface area contributed by atoms with Crippen molar-refractivity contribution < 1.29 is 18.0 Å². The van der Waals surface area contributed by atoms with E-state index in [0.717, 1.165) is 6.54 Å². The molecule has 0 spiro atoms. The van der Waals surface area contributed by atoms with Crippen LogP contribution < -0.4 is 5.32 Å². The lowest BCUT2D eigenvalue weighted by Crippen LogP contribution is -2.36. The molecule has 1 fully saturated rings. The average Bonchev–Trinajstić information content (AvgIpc) is 2.27. The van der Waals surface area contributed by atoms with Crippen molar-refractivity contribution in [2.24, 2.45) is 0 Å². The zero-order chi connectivity index (χ0) is 10.6. The zero-order valence-corrected chi connectivity index (χ0v) is 8.96. The normalized spacial score (nSPS) is 17.9. The van der Waals surface area contributed by atoms with E-state index in [1.165, 1.54) is 4.90 Å². The third-order valence-corrected chi connectivity index (χ3v) is 2.04. The Morgan fingerprint density at radius 3 is 2.53 bits per heavy atom. The van der Waals surface area contributed by atoms with Crippen LogP contribution >= 0.6 is 12.4 Å². The maximum Gasteiger partial charge on any atom is 0.397 e. The van der Waals surface area contributed by atoms with Crippen LogP contribution in [0, 0.1) is 0 Å². The highest BCUT2D eigenvalue weighted by Crippen LogP contribution is 2.20. The molecular weight excluding hydrogens is 233 g/mol. The largest absolute Gasteiger partial charge is 0.397 e. The van der Waals surface area contributed by atoms with Crippen LogP contribution in [0.5, 0.6) is 0 Å². The minimum Gasteiger partial charge on any atom is -0.341 e. The third-order valence-electron chi connectivity index (χ3n) is 2.04. The summed E-state index contributed by atoms with van der Waals surface area (Å²) in [5.74, 6) is -0.818. The zero-order valence-electron chi connectivity index (χ0n) is 8.14. The van der Waals surface area contributed by atoms with E-state index in [1.807, 2.05) is 0 Å².